The van der Waals surface area contributed by atoms with Crippen LogP contribution in [0.3, 0.4) is 0 Å². The van der Waals surface area contributed by atoms with Gasteiger partial charge >= 0.3 is 0 Å². The second-order valence-corrected chi connectivity index (χ2v) is 16.3. The molecule has 240 valence electrons. The van der Waals surface area contributed by atoms with E-state index in [-0.39, 0.29) is 47.7 Å². The second-order valence-electron chi connectivity index (χ2n) is 14.2. The zero-order valence-electron chi connectivity index (χ0n) is 24.9. The molecule has 0 saturated heterocycles. The molecule has 12 heteroatoms. The first-order chi connectivity index (χ1) is 19.0. The van der Waals surface area contributed by atoms with Gasteiger partial charge in [-0.3, -0.25) is 8.37 Å². The lowest BCUT2D eigenvalue weighted by molar-refractivity contribution is -0.171. The summed E-state index contributed by atoms with van der Waals surface area (Å²) in [6.45, 7) is 8.69. The Morgan fingerprint density at radius 2 is 1.51 bits per heavy atom. The maximum atomic E-state index is 11.5. The van der Waals surface area contributed by atoms with E-state index in [4.69, 9.17) is 8.37 Å². The Hall–Kier alpha value is -0.340. The molecular formula is C29H50O10S2-2. The number of aliphatic hydroxyl groups excluding tert-OH is 2. The van der Waals surface area contributed by atoms with Gasteiger partial charge in [0.15, 0.2) is 0 Å². The normalized spacial score (nSPS) is 41.6. The van der Waals surface area contributed by atoms with Gasteiger partial charge in [0, 0.05) is 6.61 Å². The van der Waals surface area contributed by atoms with E-state index in [2.05, 4.69) is 20.8 Å². The summed E-state index contributed by atoms with van der Waals surface area (Å²) in [6, 6.07) is 0. The van der Waals surface area contributed by atoms with Crippen molar-refractivity contribution in [1.82, 2.24) is 0 Å². The van der Waals surface area contributed by atoms with Gasteiger partial charge in [0.1, 0.15) is 6.10 Å². The van der Waals surface area contributed by atoms with Gasteiger partial charge in [0.25, 0.3) is 0 Å². The third kappa shape index (κ3) is 7.00. The molecule has 4 rings (SSSR count). The summed E-state index contributed by atoms with van der Waals surface area (Å²) in [5, 5.41) is 20.8. The maximum Gasteiger partial charge on any atom is 0.217 e. The lowest BCUT2D eigenvalue weighted by Gasteiger charge is -2.62. The molecule has 0 aromatic heterocycles. The molecule has 0 amide bonds. The van der Waals surface area contributed by atoms with Gasteiger partial charge in [-0.1, -0.05) is 34.1 Å². The molecule has 12 atom stereocenters. The Labute approximate surface area is 246 Å². The zero-order chi connectivity index (χ0) is 30.4. The molecule has 0 aliphatic heterocycles. The smallest absolute Gasteiger partial charge is 0.217 e. The largest absolute Gasteiger partial charge is 0.726 e. The third-order valence-electron chi connectivity index (χ3n) is 12.5. The Morgan fingerprint density at radius 1 is 0.878 bits per heavy atom. The minimum Gasteiger partial charge on any atom is -0.726 e. The molecule has 2 N–H and O–H groups in total. The Balaban J connectivity index is 1.52. The minimum absolute atomic E-state index is 0.0229. The highest BCUT2D eigenvalue weighted by atomic mass is 32.3. The first-order valence-corrected chi connectivity index (χ1v) is 18.2. The van der Waals surface area contributed by atoms with Crippen LogP contribution in [0.5, 0.6) is 0 Å². The third-order valence-corrected chi connectivity index (χ3v) is 13.4. The highest BCUT2D eigenvalue weighted by Crippen LogP contribution is 2.68. The molecule has 0 radical (unpaired) electrons. The van der Waals surface area contributed by atoms with Crippen LogP contribution in [-0.4, -0.2) is 61.6 Å². The van der Waals surface area contributed by atoms with E-state index in [1.165, 1.54) is 0 Å². The Bertz CT molecular complexity index is 1110. The van der Waals surface area contributed by atoms with Crippen LogP contribution in [0.25, 0.3) is 0 Å². The Morgan fingerprint density at radius 3 is 2.12 bits per heavy atom. The van der Waals surface area contributed by atoms with Crippen molar-refractivity contribution < 1.29 is 44.5 Å². The molecule has 41 heavy (non-hydrogen) atoms. The number of hydrogen-bond acceptors (Lipinski definition) is 10. The first-order valence-electron chi connectivity index (χ1n) is 15.6. The van der Waals surface area contributed by atoms with Crippen molar-refractivity contribution in [2.45, 2.75) is 111 Å². The van der Waals surface area contributed by atoms with Crippen molar-refractivity contribution in [3.05, 3.63) is 0 Å². The van der Waals surface area contributed by atoms with Crippen LogP contribution in [0.2, 0.25) is 0 Å². The molecule has 0 spiro atoms. The number of hydrogen-bond donors (Lipinski definition) is 2. The van der Waals surface area contributed by atoms with E-state index in [0.717, 1.165) is 57.8 Å². The van der Waals surface area contributed by atoms with Gasteiger partial charge in [0.05, 0.1) is 12.7 Å². The summed E-state index contributed by atoms with van der Waals surface area (Å²) in [5.41, 5.74) is -0.201. The van der Waals surface area contributed by atoms with Gasteiger partial charge in [-0.2, -0.15) is 0 Å². The van der Waals surface area contributed by atoms with E-state index in [1.54, 1.807) is 0 Å². The fourth-order valence-electron chi connectivity index (χ4n) is 10.4. The van der Waals surface area contributed by atoms with E-state index in [0.29, 0.717) is 36.5 Å². The van der Waals surface area contributed by atoms with Crippen LogP contribution in [-0.2, 0) is 29.2 Å². The van der Waals surface area contributed by atoms with Gasteiger partial charge in [0.2, 0.25) is 20.8 Å². The number of fused-ring (bicyclic) bond motifs is 5. The minimum atomic E-state index is -4.89. The fraction of sp³-hybridized carbons (Fsp3) is 1.00. The molecule has 0 bridgehead atoms. The first kappa shape index (κ1) is 33.6. The molecular weight excluding hydrogens is 572 g/mol. The van der Waals surface area contributed by atoms with Crippen molar-refractivity contribution in [2.24, 2.45) is 58.2 Å². The molecule has 4 aliphatic carbocycles. The van der Waals surface area contributed by atoms with Gasteiger partial charge in [-0.15, -0.1) is 0 Å². The summed E-state index contributed by atoms with van der Waals surface area (Å²) >= 11 is 0. The molecule has 4 saturated carbocycles. The van der Waals surface area contributed by atoms with Crippen molar-refractivity contribution in [3.8, 4) is 0 Å². The summed E-state index contributed by atoms with van der Waals surface area (Å²) in [5.74, 6) is 1.72. The van der Waals surface area contributed by atoms with Gasteiger partial charge in [-0.05, 0) is 122 Å². The SMILES string of the molecule is CCC(CC[C@@H](COS(=O)(=O)[O-])[C@H]1CC[C@H]2[C@@H]3CC[C@@H]4[C@H](O)[C@H](OS(=O)(=O)[O-])CC[C@]4(C)[C@H]3CC[C@]12C)C(C)CO. The topological polar surface area (TPSA) is 173 Å². The highest BCUT2D eigenvalue weighted by Gasteiger charge is 2.62. The average molecular weight is 623 g/mol. The Kier molecular flexibility index (Phi) is 10.3. The standard InChI is InChI=1S/C29H52O10S2/c1-5-19(18(2)16-30)6-7-20(17-38-40(32,33)34)22-10-11-23-21-8-9-25-27(31)26(39-41(35,36)37)13-15-29(25,4)24(21)12-14-28(22,23)3/h18-27,30-31H,5-17H2,1-4H3,(H,32,33,34)(H,35,36,37)/p-2/t18?,19?,20-,21-,22+,23-,24-,25+,26+,27-,28+,29+/m0/s1. The van der Waals surface area contributed by atoms with Crippen molar-refractivity contribution in [2.75, 3.05) is 13.2 Å². The maximum absolute atomic E-state index is 11.5. The molecule has 10 nitrogen and oxygen atoms in total. The molecule has 4 aliphatic rings. The molecule has 0 aromatic rings. The second kappa shape index (κ2) is 12.6. The summed E-state index contributed by atoms with van der Waals surface area (Å²) < 4.78 is 77.7. The molecule has 2 unspecified atom stereocenters. The predicted octanol–water partition coefficient (Wildman–Crippen LogP) is 3.99. The summed E-state index contributed by atoms with van der Waals surface area (Å²) in [6.07, 6.45) is 7.10. The summed E-state index contributed by atoms with van der Waals surface area (Å²) in [4.78, 5) is 0. The van der Waals surface area contributed by atoms with E-state index in [9.17, 15) is 36.2 Å². The number of aliphatic hydroxyl groups is 2. The van der Waals surface area contributed by atoms with Crippen LogP contribution >= 0.6 is 0 Å². The zero-order valence-corrected chi connectivity index (χ0v) is 26.6. The van der Waals surface area contributed by atoms with Crippen molar-refractivity contribution in [1.29, 1.82) is 0 Å². The highest BCUT2D eigenvalue weighted by molar-refractivity contribution is 7.81. The lowest BCUT2D eigenvalue weighted by Crippen LogP contribution is -2.59. The quantitative estimate of drug-likeness (QED) is 0.239. The van der Waals surface area contributed by atoms with Crippen molar-refractivity contribution >= 4 is 20.8 Å². The van der Waals surface area contributed by atoms with Crippen LogP contribution in [0.1, 0.15) is 98.3 Å². The van der Waals surface area contributed by atoms with Crippen LogP contribution < -0.4 is 0 Å². The van der Waals surface area contributed by atoms with E-state index >= 15 is 0 Å². The molecule has 0 heterocycles. The van der Waals surface area contributed by atoms with Crippen LogP contribution in [0.4, 0.5) is 0 Å². The molecule has 4 fully saturated rings. The summed E-state index contributed by atoms with van der Waals surface area (Å²) in [7, 11) is -9.70. The number of rotatable bonds is 12. The van der Waals surface area contributed by atoms with Crippen LogP contribution in [0, 0.1) is 58.2 Å². The molecule has 0 aromatic carbocycles. The van der Waals surface area contributed by atoms with Gasteiger partial charge < -0.3 is 19.3 Å². The van der Waals surface area contributed by atoms with Crippen LogP contribution in [0.15, 0.2) is 0 Å². The van der Waals surface area contributed by atoms with E-state index in [1.807, 2.05) is 6.92 Å². The van der Waals surface area contributed by atoms with Crippen molar-refractivity contribution in [3.63, 3.8) is 0 Å². The van der Waals surface area contributed by atoms with Gasteiger partial charge in [-0.25, -0.2) is 16.8 Å². The lowest BCUT2D eigenvalue weighted by atomic mass is 9.44. The monoisotopic (exact) mass is 622 g/mol. The fourth-order valence-corrected chi connectivity index (χ4v) is 11.3. The average Bonchev–Trinajstić information content (AvgIpc) is 3.23. The van der Waals surface area contributed by atoms with E-state index < -0.39 is 33.0 Å². The predicted molar refractivity (Wildman–Crippen MR) is 150 cm³/mol.